The van der Waals surface area contributed by atoms with Gasteiger partial charge in [-0.1, -0.05) is 36.7 Å². The summed E-state index contributed by atoms with van der Waals surface area (Å²) in [5.41, 5.74) is 0.750. The van der Waals surface area contributed by atoms with Crippen LogP contribution < -0.4 is 0 Å². The van der Waals surface area contributed by atoms with Crippen LogP contribution in [0.4, 0.5) is 0 Å². The third-order valence-corrected chi connectivity index (χ3v) is 6.87. The lowest BCUT2D eigenvalue weighted by molar-refractivity contribution is 0.0694. The quantitative estimate of drug-likeness (QED) is 0.597. The van der Waals surface area contributed by atoms with E-state index >= 15 is 0 Å². The Labute approximate surface area is 174 Å². The lowest BCUT2D eigenvalue weighted by Gasteiger charge is -2.29. The average Bonchev–Trinajstić information content (AvgIpc) is 3.39. The molecule has 1 aromatic carbocycles. The summed E-state index contributed by atoms with van der Waals surface area (Å²) < 4.78 is 2.84. The monoisotopic (exact) mass is 416 g/mol. The van der Waals surface area contributed by atoms with Gasteiger partial charge in [0.15, 0.2) is 0 Å². The van der Waals surface area contributed by atoms with Gasteiger partial charge in [0.05, 0.1) is 16.4 Å². The van der Waals surface area contributed by atoms with Crippen molar-refractivity contribution in [3.8, 4) is 0 Å². The van der Waals surface area contributed by atoms with Crippen molar-refractivity contribution in [1.82, 2.24) is 19.6 Å². The fourth-order valence-corrected chi connectivity index (χ4v) is 5.30. The number of nitrogens with zero attached hydrogens (tertiary/aromatic N) is 4. The summed E-state index contributed by atoms with van der Waals surface area (Å²) in [5.74, 6) is 0.0610. The van der Waals surface area contributed by atoms with Crippen molar-refractivity contribution in [2.75, 3.05) is 19.6 Å². The molecule has 1 atom stereocenters. The van der Waals surface area contributed by atoms with Gasteiger partial charge in [0, 0.05) is 30.5 Å². The van der Waals surface area contributed by atoms with E-state index in [2.05, 4.69) is 29.1 Å². The van der Waals surface area contributed by atoms with Crippen molar-refractivity contribution in [1.29, 1.82) is 0 Å². The Morgan fingerprint density at radius 1 is 1.39 bits per heavy atom. The molecule has 5 nitrogen and oxygen atoms in total. The number of benzene rings is 1. The minimum Gasteiger partial charge on any atom is -0.330 e. The van der Waals surface area contributed by atoms with Crippen LogP contribution >= 0.6 is 22.9 Å². The van der Waals surface area contributed by atoms with Crippen molar-refractivity contribution >= 4 is 38.9 Å². The molecule has 1 aliphatic heterocycles. The number of rotatable bonds is 6. The summed E-state index contributed by atoms with van der Waals surface area (Å²) in [6.45, 7) is 5.44. The molecule has 3 aromatic rings. The van der Waals surface area contributed by atoms with Gasteiger partial charge in [-0.25, -0.2) is 0 Å². The molecule has 1 amide bonds. The van der Waals surface area contributed by atoms with Crippen LogP contribution in [-0.2, 0) is 13.6 Å². The normalized spacial score (nSPS) is 17.5. The molecule has 2 aromatic heterocycles. The smallest absolute Gasteiger partial charge is 0.264 e. The van der Waals surface area contributed by atoms with Crippen molar-refractivity contribution in [3.63, 3.8) is 0 Å². The van der Waals surface area contributed by atoms with E-state index in [4.69, 9.17) is 11.6 Å². The zero-order chi connectivity index (χ0) is 19.7. The van der Waals surface area contributed by atoms with Gasteiger partial charge in [0.2, 0.25) is 0 Å². The molecule has 4 rings (SSSR count). The van der Waals surface area contributed by atoms with Crippen LogP contribution in [-0.4, -0.2) is 51.2 Å². The van der Waals surface area contributed by atoms with Gasteiger partial charge in [0.1, 0.15) is 5.69 Å². The van der Waals surface area contributed by atoms with Crippen molar-refractivity contribution in [2.45, 2.75) is 32.4 Å². The van der Waals surface area contributed by atoms with E-state index in [-0.39, 0.29) is 5.91 Å². The van der Waals surface area contributed by atoms with Gasteiger partial charge in [-0.15, -0.1) is 11.3 Å². The number of amides is 1. The molecule has 0 spiro atoms. The number of halogens is 1. The molecule has 28 heavy (non-hydrogen) atoms. The molecule has 1 fully saturated rings. The second-order valence-corrected chi connectivity index (χ2v) is 8.85. The topological polar surface area (TPSA) is 41.4 Å². The Bertz CT molecular complexity index is 949. The molecule has 1 saturated heterocycles. The summed E-state index contributed by atoms with van der Waals surface area (Å²) in [6, 6.07) is 10.5. The Hall–Kier alpha value is -1.89. The molecule has 1 aliphatic rings. The maximum absolute atomic E-state index is 13.5. The summed E-state index contributed by atoms with van der Waals surface area (Å²) in [6.07, 6.45) is 4.10. The van der Waals surface area contributed by atoms with Crippen molar-refractivity contribution in [3.05, 3.63) is 52.1 Å². The number of carbonyl (C=O) groups excluding carboxylic acids is 1. The molecule has 0 bridgehead atoms. The lowest BCUT2D eigenvalue weighted by Crippen LogP contribution is -2.42. The number of hydrogen-bond acceptors (Lipinski definition) is 4. The predicted octanol–water partition coefficient (Wildman–Crippen LogP) is 4.41. The van der Waals surface area contributed by atoms with E-state index < -0.39 is 0 Å². The molecule has 148 valence electrons. The van der Waals surface area contributed by atoms with E-state index in [0.717, 1.165) is 40.2 Å². The van der Waals surface area contributed by atoms with E-state index in [1.54, 1.807) is 22.2 Å². The molecular formula is C21H25ClN4OS. The molecule has 0 saturated carbocycles. The first-order valence-electron chi connectivity index (χ1n) is 9.75. The molecule has 7 heteroatoms. The highest BCUT2D eigenvalue weighted by Crippen LogP contribution is 2.28. The first kappa shape index (κ1) is 19.4. The van der Waals surface area contributed by atoms with Crippen molar-refractivity contribution in [2.24, 2.45) is 7.05 Å². The molecule has 0 aliphatic carbocycles. The summed E-state index contributed by atoms with van der Waals surface area (Å²) in [4.78, 5) is 18.6. The number of likely N-dealkylation sites (tertiary alicyclic amines) is 1. The fourth-order valence-electron chi connectivity index (χ4n) is 4.03. The number of likely N-dealkylation sites (N-methyl/N-ethyl adjacent to an activating group) is 1. The third kappa shape index (κ3) is 3.95. The van der Waals surface area contributed by atoms with Gasteiger partial charge in [-0.2, -0.15) is 5.10 Å². The minimum absolute atomic E-state index is 0.0610. The Balaban J connectivity index is 1.62. The highest BCUT2D eigenvalue weighted by molar-refractivity contribution is 7.20. The van der Waals surface area contributed by atoms with Crippen LogP contribution in [0.2, 0.25) is 5.02 Å². The predicted molar refractivity (Wildman–Crippen MR) is 115 cm³/mol. The summed E-state index contributed by atoms with van der Waals surface area (Å²) >= 11 is 7.90. The SMILES string of the molecule is CCN1CCC[C@@H]1CN(Cc1nn(C)cc1Cl)C(=O)c1cc2ccccc2s1. The van der Waals surface area contributed by atoms with E-state index in [1.807, 2.05) is 30.1 Å². The Kier molecular flexibility index (Phi) is 5.71. The highest BCUT2D eigenvalue weighted by atomic mass is 35.5. The minimum atomic E-state index is 0.0610. The number of carbonyl (C=O) groups is 1. The molecule has 0 unspecified atom stereocenters. The molecule has 0 N–H and O–H groups in total. The zero-order valence-electron chi connectivity index (χ0n) is 16.3. The fraction of sp³-hybridized carbons (Fsp3) is 0.429. The maximum Gasteiger partial charge on any atom is 0.264 e. The van der Waals surface area contributed by atoms with Gasteiger partial charge in [-0.3, -0.25) is 14.4 Å². The number of fused-ring (bicyclic) bond motifs is 1. The van der Waals surface area contributed by atoms with Gasteiger partial charge in [-0.05, 0) is 43.5 Å². The molecular weight excluding hydrogens is 392 g/mol. The number of thiophene rings is 1. The second-order valence-electron chi connectivity index (χ2n) is 7.36. The Morgan fingerprint density at radius 3 is 2.93 bits per heavy atom. The van der Waals surface area contributed by atoms with Gasteiger partial charge < -0.3 is 4.90 Å². The largest absolute Gasteiger partial charge is 0.330 e. The van der Waals surface area contributed by atoms with Crippen LogP contribution in [0.5, 0.6) is 0 Å². The number of aromatic nitrogens is 2. The van der Waals surface area contributed by atoms with Crippen LogP contribution in [0, 0.1) is 0 Å². The second kappa shape index (κ2) is 8.23. The van der Waals surface area contributed by atoms with E-state index in [0.29, 0.717) is 24.2 Å². The number of hydrogen-bond donors (Lipinski definition) is 0. The maximum atomic E-state index is 13.5. The first-order chi connectivity index (χ1) is 13.5. The third-order valence-electron chi connectivity index (χ3n) is 5.45. The average molecular weight is 417 g/mol. The van der Waals surface area contributed by atoms with Gasteiger partial charge >= 0.3 is 0 Å². The van der Waals surface area contributed by atoms with E-state index in [9.17, 15) is 4.79 Å². The number of aryl methyl sites for hydroxylation is 1. The van der Waals surface area contributed by atoms with Gasteiger partial charge in [0.25, 0.3) is 5.91 Å². The molecule has 0 radical (unpaired) electrons. The van der Waals surface area contributed by atoms with Crippen LogP contribution in [0.15, 0.2) is 36.5 Å². The Morgan fingerprint density at radius 2 is 2.21 bits per heavy atom. The van der Waals surface area contributed by atoms with Crippen LogP contribution in [0.25, 0.3) is 10.1 Å². The van der Waals surface area contributed by atoms with E-state index in [1.165, 1.54) is 6.42 Å². The first-order valence-corrected chi connectivity index (χ1v) is 10.9. The van der Waals surface area contributed by atoms with Crippen molar-refractivity contribution < 1.29 is 4.79 Å². The standard InChI is InChI=1S/C21H25ClN4OS/c1-3-25-10-6-8-16(25)12-26(14-18-17(22)13-24(2)23-18)21(27)20-11-15-7-4-5-9-19(15)28-20/h4-5,7,9,11,13,16H,3,6,8,10,12,14H2,1-2H3/t16-/m1/s1. The highest BCUT2D eigenvalue weighted by Gasteiger charge is 2.29. The summed E-state index contributed by atoms with van der Waals surface area (Å²) in [7, 11) is 1.85. The van der Waals surface area contributed by atoms with Crippen LogP contribution in [0.3, 0.4) is 0 Å². The lowest BCUT2D eigenvalue weighted by atomic mass is 10.2. The zero-order valence-corrected chi connectivity index (χ0v) is 17.8. The summed E-state index contributed by atoms with van der Waals surface area (Å²) in [5, 5.41) is 6.18. The van der Waals surface area contributed by atoms with Crippen LogP contribution in [0.1, 0.15) is 35.1 Å². The molecule has 3 heterocycles.